The van der Waals surface area contributed by atoms with Gasteiger partial charge in [-0.25, -0.2) is 8.42 Å². The quantitative estimate of drug-likeness (QED) is 0.620. The molecule has 2 saturated heterocycles. The minimum absolute atomic E-state index is 0.0925. The van der Waals surface area contributed by atoms with E-state index in [1.807, 2.05) is 36.4 Å². The van der Waals surface area contributed by atoms with Crippen LogP contribution in [0.3, 0.4) is 0 Å². The van der Waals surface area contributed by atoms with Crippen molar-refractivity contribution in [3.8, 4) is 11.8 Å². The van der Waals surface area contributed by atoms with Gasteiger partial charge in [0.2, 0.25) is 10.0 Å². The molecule has 4 aliphatic rings. The Bertz CT molecular complexity index is 1210. The van der Waals surface area contributed by atoms with Crippen LogP contribution in [0.4, 0.5) is 11.4 Å². The van der Waals surface area contributed by atoms with Gasteiger partial charge in [-0.1, -0.05) is 18.2 Å². The van der Waals surface area contributed by atoms with Crippen molar-refractivity contribution in [3.63, 3.8) is 0 Å². The molecule has 3 heterocycles. The van der Waals surface area contributed by atoms with E-state index in [0.717, 1.165) is 54.9 Å². The standard InChI is InChI=1S/C26H29N3O4S/c27-16-24-23-11-10-21(33-17-22-3-1-13-32-22)15-25(23)29(20-8-9-20)26(24)18-4-6-19(7-5-18)28-12-2-14-34(28,30)31/h4-7,10-11,15,20,22,24,26H,1-3,8-9,12-14,17H2/t22-,24?,26?/m1/s1. The van der Waals surface area contributed by atoms with Gasteiger partial charge in [0, 0.05) is 30.9 Å². The van der Waals surface area contributed by atoms with E-state index < -0.39 is 10.0 Å². The van der Waals surface area contributed by atoms with Crippen LogP contribution in [0.25, 0.3) is 0 Å². The minimum Gasteiger partial charge on any atom is -0.491 e. The summed E-state index contributed by atoms with van der Waals surface area (Å²) in [5.74, 6) is 0.728. The number of rotatable bonds is 6. The monoisotopic (exact) mass is 479 g/mol. The first-order valence-corrected chi connectivity index (χ1v) is 13.8. The highest BCUT2D eigenvalue weighted by molar-refractivity contribution is 7.93. The average molecular weight is 480 g/mol. The molecule has 3 fully saturated rings. The molecule has 2 aromatic rings. The zero-order chi connectivity index (χ0) is 23.3. The first-order chi connectivity index (χ1) is 16.5. The number of benzene rings is 2. The normalized spacial score (nSPS) is 27.6. The SMILES string of the molecule is N#CC1c2ccc(OC[C@H]3CCCO3)cc2N(C2CC2)C1c1ccc(N2CCCS2(=O)=O)cc1. The Morgan fingerprint density at radius 2 is 1.91 bits per heavy atom. The van der Waals surface area contributed by atoms with Crippen molar-refractivity contribution in [3.05, 3.63) is 53.6 Å². The van der Waals surface area contributed by atoms with Crippen molar-refractivity contribution < 1.29 is 17.9 Å². The zero-order valence-corrected chi connectivity index (χ0v) is 19.9. The van der Waals surface area contributed by atoms with Crippen molar-refractivity contribution in [2.24, 2.45) is 0 Å². The smallest absolute Gasteiger partial charge is 0.235 e. The third-order valence-corrected chi connectivity index (χ3v) is 9.26. The molecule has 8 heteroatoms. The molecule has 0 N–H and O–H groups in total. The topological polar surface area (TPSA) is 82.9 Å². The van der Waals surface area contributed by atoms with E-state index >= 15 is 0 Å². The maximum absolute atomic E-state index is 12.3. The Kier molecular flexibility index (Phi) is 5.42. The number of hydrogen-bond donors (Lipinski definition) is 0. The summed E-state index contributed by atoms with van der Waals surface area (Å²) in [5.41, 5.74) is 3.86. The van der Waals surface area contributed by atoms with Gasteiger partial charge in [0.05, 0.1) is 35.6 Å². The maximum atomic E-state index is 12.3. The molecule has 2 aromatic carbocycles. The summed E-state index contributed by atoms with van der Waals surface area (Å²) < 4.78 is 37.9. The molecule has 178 valence electrons. The van der Waals surface area contributed by atoms with E-state index in [4.69, 9.17) is 9.47 Å². The first kappa shape index (κ1) is 21.8. The van der Waals surface area contributed by atoms with Crippen molar-refractivity contribution in [2.75, 3.05) is 34.7 Å². The number of nitriles is 1. The molecule has 2 unspecified atom stereocenters. The lowest BCUT2D eigenvalue weighted by atomic mass is 9.91. The largest absolute Gasteiger partial charge is 0.491 e. The third kappa shape index (κ3) is 3.81. The molecular formula is C26H29N3O4S. The zero-order valence-electron chi connectivity index (χ0n) is 19.1. The molecular weight excluding hydrogens is 450 g/mol. The van der Waals surface area contributed by atoms with E-state index in [2.05, 4.69) is 17.0 Å². The predicted octanol–water partition coefficient (Wildman–Crippen LogP) is 4.12. The van der Waals surface area contributed by atoms with Crippen LogP contribution in [0.1, 0.15) is 55.2 Å². The molecule has 34 heavy (non-hydrogen) atoms. The maximum Gasteiger partial charge on any atom is 0.235 e. The fourth-order valence-electron chi connectivity index (χ4n) is 5.58. The molecule has 6 rings (SSSR count). The highest BCUT2D eigenvalue weighted by Gasteiger charge is 2.46. The number of fused-ring (bicyclic) bond motifs is 1. The van der Waals surface area contributed by atoms with Gasteiger partial charge in [0.15, 0.2) is 0 Å². The summed E-state index contributed by atoms with van der Waals surface area (Å²) in [6.45, 7) is 1.89. The van der Waals surface area contributed by atoms with E-state index in [-0.39, 0.29) is 23.8 Å². The highest BCUT2D eigenvalue weighted by atomic mass is 32.2. The highest BCUT2D eigenvalue weighted by Crippen LogP contribution is 2.54. The molecule has 1 saturated carbocycles. The Hall–Kier alpha value is -2.76. The molecule has 0 spiro atoms. The van der Waals surface area contributed by atoms with Crippen molar-refractivity contribution in [1.29, 1.82) is 5.26 Å². The van der Waals surface area contributed by atoms with Crippen LogP contribution in [0.15, 0.2) is 42.5 Å². The molecule has 7 nitrogen and oxygen atoms in total. The molecule has 3 aliphatic heterocycles. The molecule has 3 atom stereocenters. The van der Waals surface area contributed by atoms with Gasteiger partial charge in [-0.3, -0.25) is 4.31 Å². The summed E-state index contributed by atoms with van der Waals surface area (Å²) in [7, 11) is -3.21. The molecule has 0 bridgehead atoms. The summed E-state index contributed by atoms with van der Waals surface area (Å²) >= 11 is 0. The van der Waals surface area contributed by atoms with Crippen LogP contribution in [0, 0.1) is 11.3 Å². The van der Waals surface area contributed by atoms with E-state index in [0.29, 0.717) is 31.3 Å². The van der Waals surface area contributed by atoms with Gasteiger partial charge >= 0.3 is 0 Å². The third-order valence-electron chi connectivity index (χ3n) is 7.39. The molecule has 1 aliphatic carbocycles. The Balaban J connectivity index is 1.29. The van der Waals surface area contributed by atoms with Crippen LogP contribution in [-0.2, 0) is 14.8 Å². The first-order valence-electron chi connectivity index (χ1n) is 12.2. The Labute approximate surface area is 200 Å². The lowest BCUT2D eigenvalue weighted by Crippen LogP contribution is -2.29. The summed E-state index contributed by atoms with van der Waals surface area (Å²) in [6, 6.07) is 16.7. The van der Waals surface area contributed by atoms with Crippen molar-refractivity contribution in [2.45, 2.75) is 56.2 Å². The van der Waals surface area contributed by atoms with Gasteiger partial charge in [-0.2, -0.15) is 5.26 Å². The summed E-state index contributed by atoms with van der Waals surface area (Å²) in [5, 5.41) is 10.2. The summed E-state index contributed by atoms with van der Waals surface area (Å²) in [6.07, 6.45) is 5.16. The number of ether oxygens (including phenoxy) is 2. The fourth-order valence-corrected chi connectivity index (χ4v) is 7.15. The van der Waals surface area contributed by atoms with Crippen LogP contribution >= 0.6 is 0 Å². The second kappa shape index (κ2) is 8.47. The second-order valence-electron chi connectivity index (χ2n) is 9.69. The Morgan fingerprint density at radius 1 is 1.09 bits per heavy atom. The number of anilines is 2. The molecule has 0 aromatic heterocycles. The van der Waals surface area contributed by atoms with E-state index in [9.17, 15) is 13.7 Å². The number of nitrogens with zero attached hydrogens (tertiary/aromatic N) is 3. The second-order valence-corrected chi connectivity index (χ2v) is 11.7. The lowest BCUT2D eigenvalue weighted by molar-refractivity contribution is 0.0680. The van der Waals surface area contributed by atoms with Crippen LogP contribution in [-0.4, -0.2) is 46.1 Å². The van der Waals surface area contributed by atoms with E-state index in [1.165, 1.54) is 4.31 Å². The van der Waals surface area contributed by atoms with Gasteiger partial charge in [0.25, 0.3) is 0 Å². The molecule has 0 radical (unpaired) electrons. The average Bonchev–Trinajstić information content (AvgIpc) is 3.26. The van der Waals surface area contributed by atoms with Crippen molar-refractivity contribution in [1.82, 2.24) is 0 Å². The van der Waals surface area contributed by atoms with Gasteiger partial charge < -0.3 is 14.4 Å². The van der Waals surface area contributed by atoms with Crippen molar-refractivity contribution >= 4 is 21.4 Å². The van der Waals surface area contributed by atoms with E-state index in [1.54, 1.807) is 0 Å². The predicted molar refractivity (Wildman–Crippen MR) is 130 cm³/mol. The Morgan fingerprint density at radius 3 is 2.56 bits per heavy atom. The van der Waals surface area contributed by atoms with Gasteiger partial charge in [0.1, 0.15) is 12.4 Å². The van der Waals surface area contributed by atoms with Crippen LogP contribution in [0.2, 0.25) is 0 Å². The van der Waals surface area contributed by atoms with Gasteiger partial charge in [-0.05, 0) is 61.4 Å². The van der Waals surface area contributed by atoms with Gasteiger partial charge in [-0.15, -0.1) is 0 Å². The van der Waals surface area contributed by atoms with Crippen LogP contribution < -0.4 is 13.9 Å². The number of sulfonamides is 1. The minimum atomic E-state index is -3.21. The number of hydrogen-bond acceptors (Lipinski definition) is 6. The summed E-state index contributed by atoms with van der Waals surface area (Å²) in [4.78, 5) is 2.39. The lowest BCUT2D eigenvalue weighted by Gasteiger charge is -2.30. The molecule has 0 amide bonds. The van der Waals surface area contributed by atoms with Crippen LogP contribution in [0.5, 0.6) is 5.75 Å². The fraction of sp³-hybridized carbons (Fsp3) is 0.500.